The van der Waals surface area contributed by atoms with Crippen molar-refractivity contribution in [2.75, 3.05) is 26.2 Å². The summed E-state index contributed by atoms with van der Waals surface area (Å²) >= 11 is 0. The van der Waals surface area contributed by atoms with Gasteiger partial charge in [0.2, 0.25) is 10.0 Å². The number of hydrogen-bond donors (Lipinski definition) is 2. The summed E-state index contributed by atoms with van der Waals surface area (Å²) in [5.74, 6) is 0. The van der Waals surface area contributed by atoms with Gasteiger partial charge in [0, 0.05) is 31.5 Å². The molecule has 0 aromatic carbocycles. The predicted molar refractivity (Wildman–Crippen MR) is 76.7 cm³/mol. The standard InChI is InChI=1S/C13H26N2O4S/c1-10(2)20(17,18)15-6-3-13(4-7-15)11(16)9-12(13)19-8-5-14/h10-12,16H,3-9,14H2,1-2H3/t11-,12+/m0/s1. The molecule has 6 nitrogen and oxygen atoms in total. The summed E-state index contributed by atoms with van der Waals surface area (Å²) in [5, 5.41) is 9.72. The lowest BCUT2D eigenvalue weighted by Gasteiger charge is -2.56. The van der Waals surface area contributed by atoms with E-state index in [0.29, 0.717) is 45.5 Å². The second-order valence-electron chi connectivity index (χ2n) is 6.13. The van der Waals surface area contributed by atoms with Gasteiger partial charge in [-0.2, -0.15) is 0 Å². The summed E-state index contributed by atoms with van der Waals surface area (Å²) in [7, 11) is -3.20. The second kappa shape index (κ2) is 5.88. The van der Waals surface area contributed by atoms with Crippen molar-refractivity contribution in [1.29, 1.82) is 0 Å². The van der Waals surface area contributed by atoms with Crippen LogP contribution in [0.1, 0.15) is 33.1 Å². The molecule has 2 aliphatic rings. The van der Waals surface area contributed by atoms with Gasteiger partial charge in [-0.1, -0.05) is 0 Å². The summed E-state index contributed by atoms with van der Waals surface area (Å²) in [4.78, 5) is 0. The van der Waals surface area contributed by atoms with E-state index in [1.165, 1.54) is 0 Å². The van der Waals surface area contributed by atoms with Gasteiger partial charge in [0.1, 0.15) is 0 Å². The number of rotatable bonds is 5. The van der Waals surface area contributed by atoms with E-state index >= 15 is 0 Å². The first-order chi connectivity index (χ1) is 9.34. The average molecular weight is 306 g/mol. The Bertz CT molecular complexity index is 430. The fourth-order valence-corrected chi connectivity index (χ4v) is 4.57. The molecular formula is C13H26N2O4S. The Labute approximate surface area is 121 Å². The number of sulfonamides is 1. The van der Waals surface area contributed by atoms with Crippen molar-refractivity contribution in [3.63, 3.8) is 0 Å². The van der Waals surface area contributed by atoms with E-state index in [0.717, 1.165) is 0 Å². The zero-order valence-electron chi connectivity index (χ0n) is 12.3. The van der Waals surface area contributed by atoms with E-state index in [9.17, 15) is 13.5 Å². The van der Waals surface area contributed by atoms with Crippen molar-refractivity contribution in [2.24, 2.45) is 11.1 Å². The Hall–Kier alpha value is -0.210. The number of hydrogen-bond acceptors (Lipinski definition) is 5. The van der Waals surface area contributed by atoms with Crippen LogP contribution < -0.4 is 5.73 Å². The summed E-state index contributed by atoms with van der Waals surface area (Å²) in [6.45, 7) is 5.31. The number of ether oxygens (including phenoxy) is 1. The van der Waals surface area contributed by atoms with Gasteiger partial charge in [0.25, 0.3) is 0 Å². The molecule has 3 N–H and O–H groups in total. The molecule has 0 aromatic rings. The number of nitrogens with zero attached hydrogens (tertiary/aromatic N) is 1. The van der Waals surface area contributed by atoms with E-state index in [1.54, 1.807) is 18.2 Å². The van der Waals surface area contributed by atoms with Crippen LogP contribution >= 0.6 is 0 Å². The Morgan fingerprint density at radius 1 is 1.40 bits per heavy atom. The molecule has 0 bridgehead atoms. The third kappa shape index (κ3) is 2.62. The number of aliphatic hydroxyl groups excluding tert-OH is 1. The zero-order valence-corrected chi connectivity index (χ0v) is 13.1. The molecule has 20 heavy (non-hydrogen) atoms. The van der Waals surface area contributed by atoms with Crippen LogP contribution in [0.25, 0.3) is 0 Å². The fourth-order valence-electron chi connectivity index (χ4n) is 3.28. The van der Waals surface area contributed by atoms with Crippen LogP contribution in [-0.2, 0) is 14.8 Å². The van der Waals surface area contributed by atoms with Crippen LogP contribution in [0.15, 0.2) is 0 Å². The highest BCUT2D eigenvalue weighted by Gasteiger charge is 2.56. The Morgan fingerprint density at radius 2 is 2.00 bits per heavy atom. The molecule has 1 aliphatic heterocycles. The molecule has 0 amide bonds. The molecule has 1 heterocycles. The lowest BCUT2D eigenvalue weighted by Crippen LogP contribution is -2.63. The molecule has 2 rings (SSSR count). The maximum absolute atomic E-state index is 12.2. The molecule has 1 saturated heterocycles. The Kier molecular flexibility index (Phi) is 4.76. The summed E-state index contributed by atoms with van der Waals surface area (Å²) in [5.41, 5.74) is 5.18. The SMILES string of the molecule is CC(C)S(=O)(=O)N1CCC2(CC1)[C@@H](O)C[C@H]2OCCN. The minimum Gasteiger partial charge on any atom is -0.392 e. The van der Waals surface area contributed by atoms with Crippen LogP contribution in [0.4, 0.5) is 0 Å². The van der Waals surface area contributed by atoms with Crippen LogP contribution in [0.5, 0.6) is 0 Å². The summed E-state index contributed by atoms with van der Waals surface area (Å²) in [6, 6.07) is 0. The lowest BCUT2D eigenvalue weighted by atomic mass is 9.58. The van der Waals surface area contributed by atoms with Gasteiger partial charge in [-0.15, -0.1) is 0 Å². The maximum atomic E-state index is 12.2. The van der Waals surface area contributed by atoms with Gasteiger partial charge in [0.15, 0.2) is 0 Å². The highest BCUT2D eigenvalue weighted by atomic mass is 32.2. The van der Waals surface area contributed by atoms with E-state index < -0.39 is 15.3 Å². The molecular weight excluding hydrogens is 280 g/mol. The molecule has 0 unspecified atom stereocenters. The van der Waals surface area contributed by atoms with Crippen LogP contribution in [0.2, 0.25) is 0 Å². The smallest absolute Gasteiger partial charge is 0.216 e. The minimum atomic E-state index is -3.20. The molecule has 7 heteroatoms. The molecule has 0 radical (unpaired) electrons. The van der Waals surface area contributed by atoms with Crippen molar-refractivity contribution in [1.82, 2.24) is 4.31 Å². The molecule has 1 spiro atoms. The van der Waals surface area contributed by atoms with Crippen molar-refractivity contribution in [3.8, 4) is 0 Å². The largest absolute Gasteiger partial charge is 0.392 e. The van der Waals surface area contributed by atoms with Gasteiger partial charge in [-0.05, 0) is 26.7 Å². The first kappa shape index (κ1) is 16.2. The first-order valence-electron chi connectivity index (χ1n) is 7.33. The fraction of sp³-hybridized carbons (Fsp3) is 1.00. The normalized spacial score (nSPS) is 30.6. The highest BCUT2D eigenvalue weighted by molar-refractivity contribution is 7.89. The summed E-state index contributed by atoms with van der Waals surface area (Å²) in [6.07, 6.45) is 1.60. The molecule has 118 valence electrons. The minimum absolute atomic E-state index is 0.0185. The monoisotopic (exact) mass is 306 g/mol. The number of nitrogens with two attached hydrogens (primary N) is 1. The quantitative estimate of drug-likeness (QED) is 0.741. The number of aliphatic hydroxyl groups is 1. The van der Waals surface area contributed by atoms with Crippen molar-refractivity contribution >= 4 is 10.0 Å². The van der Waals surface area contributed by atoms with Crippen molar-refractivity contribution in [3.05, 3.63) is 0 Å². The van der Waals surface area contributed by atoms with Crippen LogP contribution in [0.3, 0.4) is 0 Å². The Balaban J connectivity index is 1.99. The Morgan fingerprint density at radius 3 is 2.45 bits per heavy atom. The maximum Gasteiger partial charge on any atom is 0.216 e. The van der Waals surface area contributed by atoms with Gasteiger partial charge in [-0.3, -0.25) is 0 Å². The van der Waals surface area contributed by atoms with E-state index in [1.807, 2.05) is 0 Å². The van der Waals surface area contributed by atoms with Gasteiger partial charge in [-0.25, -0.2) is 12.7 Å². The highest BCUT2D eigenvalue weighted by Crippen LogP contribution is 2.51. The van der Waals surface area contributed by atoms with Gasteiger partial charge in [0.05, 0.1) is 24.1 Å². The number of piperidine rings is 1. The van der Waals surface area contributed by atoms with Gasteiger partial charge >= 0.3 is 0 Å². The lowest BCUT2D eigenvalue weighted by molar-refractivity contribution is -0.206. The molecule has 2 atom stereocenters. The molecule has 2 fully saturated rings. The van der Waals surface area contributed by atoms with Crippen LogP contribution in [-0.4, -0.2) is 61.5 Å². The molecule has 1 aliphatic carbocycles. The van der Waals surface area contributed by atoms with Crippen molar-refractivity contribution in [2.45, 2.75) is 50.6 Å². The molecule has 1 saturated carbocycles. The molecule has 0 aromatic heterocycles. The van der Waals surface area contributed by atoms with E-state index in [4.69, 9.17) is 10.5 Å². The topological polar surface area (TPSA) is 92.9 Å². The summed E-state index contributed by atoms with van der Waals surface area (Å²) < 4.78 is 31.6. The average Bonchev–Trinajstić information content (AvgIpc) is 2.43. The van der Waals surface area contributed by atoms with Crippen LogP contribution in [0, 0.1) is 5.41 Å². The van der Waals surface area contributed by atoms with E-state index in [2.05, 4.69) is 0 Å². The third-order valence-electron chi connectivity index (χ3n) is 4.79. The third-order valence-corrected chi connectivity index (χ3v) is 7.06. The zero-order chi connectivity index (χ0) is 15.0. The van der Waals surface area contributed by atoms with Gasteiger partial charge < -0.3 is 15.6 Å². The first-order valence-corrected chi connectivity index (χ1v) is 8.83. The predicted octanol–water partition coefficient (Wildman–Crippen LogP) is -0.0847. The second-order valence-corrected chi connectivity index (χ2v) is 8.61. The van der Waals surface area contributed by atoms with E-state index in [-0.39, 0.29) is 17.6 Å². The van der Waals surface area contributed by atoms with Crippen molar-refractivity contribution < 1.29 is 18.3 Å².